The fourth-order valence-electron chi connectivity index (χ4n) is 2.05. The highest BCUT2D eigenvalue weighted by molar-refractivity contribution is 5.76. The minimum atomic E-state index is -4.35. The number of halogens is 3. The summed E-state index contributed by atoms with van der Waals surface area (Å²) in [7, 11) is 0. The topological polar surface area (TPSA) is 29.1 Å². The molecule has 0 fully saturated rings. The number of amides is 1. The lowest BCUT2D eigenvalue weighted by atomic mass is 9.83. The summed E-state index contributed by atoms with van der Waals surface area (Å²) in [5, 5.41) is 2.81. The SMILES string of the molecule is CC(C)CCC(=O)NCC(C)(C)c1cccc(C(F)(F)F)c1. The number of hydrogen-bond acceptors (Lipinski definition) is 1. The number of carbonyl (C=O) groups is 1. The molecule has 124 valence electrons. The van der Waals surface area contributed by atoms with Crippen LogP contribution in [0.15, 0.2) is 24.3 Å². The van der Waals surface area contributed by atoms with Crippen molar-refractivity contribution in [2.24, 2.45) is 5.92 Å². The molecule has 0 spiro atoms. The van der Waals surface area contributed by atoms with Crippen molar-refractivity contribution in [1.29, 1.82) is 0 Å². The largest absolute Gasteiger partial charge is 0.416 e. The summed E-state index contributed by atoms with van der Waals surface area (Å²) in [6.07, 6.45) is -3.11. The zero-order valence-electron chi connectivity index (χ0n) is 13.6. The van der Waals surface area contributed by atoms with Crippen LogP contribution in [0.2, 0.25) is 0 Å². The van der Waals surface area contributed by atoms with Gasteiger partial charge in [-0.2, -0.15) is 13.2 Å². The van der Waals surface area contributed by atoms with Gasteiger partial charge in [0.25, 0.3) is 0 Å². The Morgan fingerprint density at radius 1 is 1.18 bits per heavy atom. The Morgan fingerprint density at radius 3 is 2.32 bits per heavy atom. The van der Waals surface area contributed by atoms with E-state index >= 15 is 0 Å². The molecule has 0 atom stereocenters. The van der Waals surface area contributed by atoms with Gasteiger partial charge in [-0.1, -0.05) is 45.9 Å². The molecule has 0 heterocycles. The van der Waals surface area contributed by atoms with Gasteiger partial charge in [-0.25, -0.2) is 0 Å². The summed E-state index contributed by atoms with van der Waals surface area (Å²) in [4.78, 5) is 11.8. The van der Waals surface area contributed by atoms with Gasteiger partial charge in [0.05, 0.1) is 5.56 Å². The van der Waals surface area contributed by atoms with Crippen molar-refractivity contribution in [3.63, 3.8) is 0 Å². The fraction of sp³-hybridized carbons (Fsp3) is 0.588. The van der Waals surface area contributed by atoms with Crippen molar-refractivity contribution in [2.45, 2.75) is 52.1 Å². The van der Waals surface area contributed by atoms with Crippen molar-refractivity contribution in [2.75, 3.05) is 6.54 Å². The molecule has 0 radical (unpaired) electrons. The maximum atomic E-state index is 12.8. The normalized spacial score (nSPS) is 12.5. The first kappa shape index (κ1) is 18.5. The predicted octanol–water partition coefficient (Wildman–Crippen LogP) is 4.54. The number of alkyl halides is 3. The molecule has 1 amide bonds. The van der Waals surface area contributed by atoms with Crippen LogP contribution in [0.4, 0.5) is 13.2 Å². The van der Waals surface area contributed by atoms with Gasteiger partial charge in [0, 0.05) is 18.4 Å². The maximum absolute atomic E-state index is 12.8. The van der Waals surface area contributed by atoms with Gasteiger partial charge in [0.15, 0.2) is 0 Å². The third-order valence-electron chi connectivity index (χ3n) is 3.65. The van der Waals surface area contributed by atoms with Crippen LogP contribution >= 0.6 is 0 Å². The second kappa shape index (κ2) is 7.16. The van der Waals surface area contributed by atoms with E-state index in [1.54, 1.807) is 6.07 Å². The van der Waals surface area contributed by atoms with E-state index in [0.29, 0.717) is 24.4 Å². The van der Waals surface area contributed by atoms with Crippen LogP contribution < -0.4 is 5.32 Å². The van der Waals surface area contributed by atoms with E-state index in [-0.39, 0.29) is 5.91 Å². The van der Waals surface area contributed by atoms with Crippen LogP contribution in [0, 0.1) is 5.92 Å². The molecule has 2 nitrogen and oxygen atoms in total. The Morgan fingerprint density at radius 2 is 1.77 bits per heavy atom. The highest BCUT2D eigenvalue weighted by atomic mass is 19.4. The summed E-state index contributed by atoms with van der Waals surface area (Å²) < 4.78 is 38.3. The molecule has 1 rings (SSSR count). The first-order chi connectivity index (χ1) is 10.0. The summed E-state index contributed by atoms with van der Waals surface area (Å²) in [5.41, 5.74) is -0.662. The second-order valence-electron chi connectivity index (χ2n) is 6.67. The molecule has 0 bridgehead atoms. The third kappa shape index (κ3) is 5.70. The molecular weight excluding hydrogens is 291 g/mol. The standard InChI is InChI=1S/C17H24F3NO/c1-12(2)8-9-15(22)21-11-16(3,4)13-6-5-7-14(10-13)17(18,19)20/h5-7,10,12H,8-9,11H2,1-4H3,(H,21,22). The molecular formula is C17H24F3NO. The van der Waals surface area contributed by atoms with Gasteiger partial charge in [0.1, 0.15) is 0 Å². The summed E-state index contributed by atoms with van der Waals surface area (Å²) in [6, 6.07) is 5.27. The molecule has 0 aliphatic carbocycles. The number of rotatable bonds is 6. The molecule has 0 aliphatic heterocycles. The highest BCUT2D eigenvalue weighted by Gasteiger charge is 2.32. The van der Waals surface area contributed by atoms with Crippen LogP contribution in [0.25, 0.3) is 0 Å². The molecule has 1 aromatic carbocycles. The number of benzene rings is 1. The minimum Gasteiger partial charge on any atom is -0.355 e. The van der Waals surface area contributed by atoms with Crippen LogP contribution in [-0.4, -0.2) is 12.5 Å². The van der Waals surface area contributed by atoms with Gasteiger partial charge in [-0.05, 0) is 24.0 Å². The lowest BCUT2D eigenvalue weighted by molar-refractivity contribution is -0.137. The average molecular weight is 315 g/mol. The van der Waals surface area contributed by atoms with Crippen LogP contribution in [-0.2, 0) is 16.4 Å². The molecule has 22 heavy (non-hydrogen) atoms. The van der Waals surface area contributed by atoms with Gasteiger partial charge < -0.3 is 5.32 Å². The zero-order chi connectivity index (χ0) is 17.0. The molecule has 0 unspecified atom stereocenters. The predicted molar refractivity (Wildman–Crippen MR) is 81.6 cm³/mol. The lowest BCUT2D eigenvalue weighted by Gasteiger charge is -2.26. The lowest BCUT2D eigenvalue weighted by Crippen LogP contribution is -2.36. The first-order valence-corrected chi connectivity index (χ1v) is 7.47. The number of hydrogen-bond donors (Lipinski definition) is 1. The van der Waals surface area contributed by atoms with Crippen molar-refractivity contribution < 1.29 is 18.0 Å². The molecule has 1 N–H and O–H groups in total. The fourth-order valence-corrected chi connectivity index (χ4v) is 2.05. The summed E-state index contributed by atoms with van der Waals surface area (Å²) >= 11 is 0. The van der Waals surface area contributed by atoms with E-state index in [0.717, 1.165) is 18.6 Å². The molecule has 1 aromatic rings. The Bertz CT molecular complexity index is 507. The molecule has 0 aromatic heterocycles. The first-order valence-electron chi connectivity index (χ1n) is 7.47. The van der Waals surface area contributed by atoms with Crippen molar-refractivity contribution in [3.05, 3.63) is 35.4 Å². The van der Waals surface area contributed by atoms with Crippen LogP contribution in [0.1, 0.15) is 51.7 Å². The van der Waals surface area contributed by atoms with Crippen LogP contribution in [0.3, 0.4) is 0 Å². The molecule has 0 saturated carbocycles. The second-order valence-corrected chi connectivity index (χ2v) is 6.67. The Labute approximate surface area is 130 Å². The van der Waals surface area contributed by atoms with Gasteiger partial charge in [0.2, 0.25) is 5.91 Å². The molecule has 0 saturated heterocycles. The van der Waals surface area contributed by atoms with Crippen LogP contribution in [0.5, 0.6) is 0 Å². The van der Waals surface area contributed by atoms with E-state index in [9.17, 15) is 18.0 Å². The van der Waals surface area contributed by atoms with Gasteiger partial charge >= 0.3 is 6.18 Å². The van der Waals surface area contributed by atoms with E-state index < -0.39 is 17.2 Å². The summed E-state index contributed by atoms with van der Waals surface area (Å²) in [6.45, 7) is 8.04. The highest BCUT2D eigenvalue weighted by Crippen LogP contribution is 2.32. The van der Waals surface area contributed by atoms with Gasteiger partial charge in [-0.3, -0.25) is 4.79 Å². The van der Waals surface area contributed by atoms with Gasteiger partial charge in [-0.15, -0.1) is 0 Å². The Balaban J connectivity index is 2.72. The van der Waals surface area contributed by atoms with Crippen molar-refractivity contribution in [1.82, 2.24) is 5.32 Å². The van der Waals surface area contributed by atoms with Crippen molar-refractivity contribution >= 4 is 5.91 Å². The Hall–Kier alpha value is -1.52. The smallest absolute Gasteiger partial charge is 0.355 e. The number of nitrogens with one attached hydrogen (secondary N) is 1. The average Bonchev–Trinajstić information content (AvgIpc) is 2.42. The number of carbonyl (C=O) groups excluding carboxylic acids is 1. The summed E-state index contributed by atoms with van der Waals surface area (Å²) in [5.74, 6) is 0.385. The quantitative estimate of drug-likeness (QED) is 0.820. The Kier molecular flexibility index (Phi) is 6.03. The third-order valence-corrected chi connectivity index (χ3v) is 3.65. The van der Waals surface area contributed by atoms with E-state index in [4.69, 9.17) is 0 Å². The van der Waals surface area contributed by atoms with E-state index in [1.165, 1.54) is 6.07 Å². The minimum absolute atomic E-state index is 0.0613. The van der Waals surface area contributed by atoms with Crippen molar-refractivity contribution in [3.8, 4) is 0 Å². The maximum Gasteiger partial charge on any atom is 0.416 e. The van der Waals surface area contributed by atoms with E-state index in [1.807, 2.05) is 27.7 Å². The molecule has 0 aliphatic rings. The zero-order valence-corrected chi connectivity index (χ0v) is 13.6. The monoisotopic (exact) mass is 315 g/mol. The van der Waals surface area contributed by atoms with E-state index in [2.05, 4.69) is 5.32 Å². The molecule has 5 heteroatoms.